The number of unbranched alkanes of at least 4 members (excludes halogenated alkanes) is 7. The molecule has 0 aromatic carbocycles. The van der Waals surface area contributed by atoms with Crippen LogP contribution in [0, 0.1) is 0 Å². The van der Waals surface area contributed by atoms with Crippen LogP contribution in [0.25, 0.3) is 0 Å². The zero-order chi connectivity index (χ0) is 14.1. The molecule has 0 unspecified atom stereocenters. The number of imidazole rings is 1. The van der Waals surface area contributed by atoms with Crippen molar-refractivity contribution in [3.8, 4) is 0 Å². The summed E-state index contributed by atoms with van der Waals surface area (Å²) in [6.45, 7) is 6.80. The maximum Gasteiger partial charge on any atom is 0.256 e. The van der Waals surface area contributed by atoms with Crippen molar-refractivity contribution in [3.05, 3.63) is 18.2 Å². The van der Waals surface area contributed by atoms with Gasteiger partial charge in [-0.05, 0) is 20.3 Å². The Bertz CT molecular complexity index is 339. The first-order valence-electron chi connectivity index (χ1n) is 8.22. The van der Waals surface area contributed by atoms with Crippen LogP contribution in [0.1, 0.15) is 84.0 Å². The molecule has 110 valence electrons. The second-order valence-electron chi connectivity index (χ2n) is 6.05. The van der Waals surface area contributed by atoms with Gasteiger partial charge in [0.15, 0.2) is 0 Å². The molecule has 0 saturated heterocycles. The Labute approximate surface area is 119 Å². The van der Waals surface area contributed by atoms with Gasteiger partial charge in [-0.3, -0.25) is 0 Å². The van der Waals surface area contributed by atoms with Crippen LogP contribution in [0.2, 0.25) is 0 Å². The van der Waals surface area contributed by atoms with Gasteiger partial charge in [0.2, 0.25) is 0 Å². The van der Waals surface area contributed by atoms with Gasteiger partial charge >= 0.3 is 0 Å². The minimum absolute atomic E-state index is 0.574. The topological polar surface area (TPSA) is 8.81 Å². The second-order valence-corrected chi connectivity index (χ2v) is 6.05. The fraction of sp³-hybridized carbons (Fsp3) is 0.824. The Morgan fingerprint density at radius 3 is 2.16 bits per heavy atom. The van der Waals surface area contributed by atoms with Gasteiger partial charge < -0.3 is 0 Å². The molecular weight excluding hydrogens is 232 g/mol. The van der Waals surface area contributed by atoms with Crippen LogP contribution >= 0.6 is 0 Å². The summed E-state index contributed by atoms with van der Waals surface area (Å²) in [6.07, 6.45) is 16.8. The predicted octanol–water partition coefficient (Wildman–Crippen LogP) is 4.58. The van der Waals surface area contributed by atoms with Crippen LogP contribution in [-0.2, 0) is 13.5 Å². The SMILES string of the molecule is CCCCCCCCCCc1n(C)cc[n+]1C(C)C. The van der Waals surface area contributed by atoms with Crippen molar-refractivity contribution in [1.82, 2.24) is 4.57 Å². The quantitative estimate of drug-likeness (QED) is 0.432. The van der Waals surface area contributed by atoms with Crippen LogP contribution in [0.3, 0.4) is 0 Å². The molecule has 0 aliphatic heterocycles. The number of rotatable bonds is 10. The highest BCUT2D eigenvalue weighted by molar-refractivity contribution is 4.82. The minimum atomic E-state index is 0.574. The molecule has 2 heteroatoms. The minimum Gasteiger partial charge on any atom is -0.237 e. The lowest BCUT2D eigenvalue weighted by Crippen LogP contribution is -2.39. The van der Waals surface area contributed by atoms with E-state index >= 15 is 0 Å². The van der Waals surface area contributed by atoms with E-state index in [4.69, 9.17) is 0 Å². The first kappa shape index (κ1) is 16.3. The molecule has 0 N–H and O–H groups in total. The molecule has 0 fully saturated rings. The van der Waals surface area contributed by atoms with Gasteiger partial charge in [0.1, 0.15) is 12.4 Å². The summed E-state index contributed by atoms with van der Waals surface area (Å²) in [5, 5.41) is 0. The molecule has 0 radical (unpaired) electrons. The lowest BCUT2D eigenvalue weighted by molar-refractivity contribution is -0.722. The molecule has 0 spiro atoms. The summed E-state index contributed by atoms with van der Waals surface area (Å²) < 4.78 is 4.68. The average molecular weight is 265 g/mol. The first-order chi connectivity index (χ1) is 9.16. The van der Waals surface area contributed by atoms with Crippen molar-refractivity contribution >= 4 is 0 Å². The Morgan fingerprint density at radius 2 is 1.58 bits per heavy atom. The largest absolute Gasteiger partial charge is 0.256 e. The third kappa shape index (κ3) is 5.80. The van der Waals surface area contributed by atoms with Gasteiger partial charge in [0.05, 0.1) is 13.1 Å². The lowest BCUT2D eigenvalue weighted by atomic mass is 10.1. The zero-order valence-electron chi connectivity index (χ0n) is 13.5. The van der Waals surface area contributed by atoms with E-state index in [0.29, 0.717) is 6.04 Å². The molecule has 1 aromatic rings. The van der Waals surface area contributed by atoms with E-state index in [1.165, 1.54) is 63.6 Å². The van der Waals surface area contributed by atoms with E-state index < -0.39 is 0 Å². The van der Waals surface area contributed by atoms with Crippen molar-refractivity contribution in [2.45, 2.75) is 84.6 Å². The molecule has 0 saturated carbocycles. The Kier molecular flexibility index (Phi) is 7.85. The van der Waals surface area contributed by atoms with Gasteiger partial charge in [0.25, 0.3) is 5.82 Å². The number of nitrogens with zero attached hydrogens (tertiary/aromatic N) is 2. The molecule has 0 atom stereocenters. The number of aryl methyl sites for hydroxylation is 1. The molecule has 0 bridgehead atoms. The molecule has 0 aliphatic carbocycles. The lowest BCUT2D eigenvalue weighted by Gasteiger charge is -2.06. The molecule has 1 heterocycles. The van der Waals surface area contributed by atoms with Crippen molar-refractivity contribution in [2.75, 3.05) is 0 Å². The molecule has 19 heavy (non-hydrogen) atoms. The molecule has 0 aliphatic rings. The van der Waals surface area contributed by atoms with E-state index in [1.54, 1.807) is 0 Å². The third-order valence-corrected chi connectivity index (χ3v) is 3.97. The number of hydrogen-bond donors (Lipinski definition) is 0. The molecule has 0 amide bonds. The summed E-state index contributed by atoms with van der Waals surface area (Å²) in [7, 11) is 2.17. The van der Waals surface area contributed by atoms with Crippen LogP contribution in [0.4, 0.5) is 0 Å². The molecular formula is C17H33N2+. The van der Waals surface area contributed by atoms with E-state index in [-0.39, 0.29) is 0 Å². The zero-order valence-corrected chi connectivity index (χ0v) is 13.5. The van der Waals surface area contributed by atoms with Crippen molar-refractivity contribution in [2.24, 2.45) is 7.05 Å². The van der Waals surface area contributed by atoms with Crippen molar-refractivity contribution < 1.29 is 4.57 Å². The fourth-order valence-electron chi connectivity index (χ4n) is 2.72. The number of hydrogen-bond acceptors (Lipinski definition) is 0. The molecule has 2 nitrogen and oxygen atoms in total. The average Bonchev–Trinajstić information content (AvgIpc) is 2.74. The summed E-state index contributed by atoms with van der Waals surface area (Å²) in [5.41, 5.74) is 0. The van der Waals surface area contributed by atoms with Gasteiger partial charge in [-0.2, -0.15) is 0 Å². The predicted molar refractivity (Wildman–Crippen MR) is 82.3 cm³/mol. The summed E-state index contributed by atoms with van der Waals surface area (Å²) in [6, 6.07) is 0.574. The van der Waals surface area contributed by atoms with Gasteiger partial charge in [-0.1, -0.05) is 51.9 Å². The van der Waals surface area contributed by atoms with E-state index in [0.717, 1.165) is 0 Å². The Morgan fingerprint density at radius 1 is 1.00 bits per heavy atom. The smallest absolute Gasteiger partial charge is 0.237 e. The monoisotopic (exact) mass is 265 g/mol. The summed E-state index contributed by atoms with van der Waals surface area (Å²) in [4.78, 5) is 0. The fourth-order valence-corrected chi connectivity index (χ4v) is 2.72. The normalized spacial score (nSPS) is 11.4. The highest BCUT2D eigenvalue weighted by Crippen LogP contribution is 2.10. The van der Waals surface area contributed by atoms with Crippen LogP contribution in [0.5, 0.6) is 0 Å². The van der Waals surface area contributed by atoms with Gasteiger partial charge in [0, 0.05) is 6.42 Å². The molecule has 1 rings (SSSR count). The highest BCUT2D eigenvalue weighted by Gasteiger charge is 2.15. The third-order valence-electron chi connectivity index (χ3n) is 3.97. The van der Waals surface area contributed by atoms with Gasteiger partial charge in [-0.25, -0.2) is 9.13 Å². The highest BCUT2D eigenvalue weighted by atomic mass is 15.1. The van der Waals surface area contributed by atoms with Crippen molar-refractivity contribution in [3.63, 3.8) is 0 Å². The van der Waals surface area contributed by atoms with Crippen LogP contribution < -0.4 is 4.57 Å². The standard InChI is InChI=1S/C17H33N2/c1-5-6-7-8-9-10-11-12-13-17-18(4)14-15-19(17)16(2)3/h14-16H,5-13H2,1-4H3/q+1. The van der Waals surface area contributed by atoms with E-state index in [9.17, 15) is 0 Å². The molecule has 1 aromatic heterocycles. The Balaban J connectivity index is 2.17. The second kappa shape index (κ2) is 9.17. The van der Waals surface area contributed by atoms with E-state index in [2.05, 4.69) is 49.3 Å². The van der Waals surface area contributed by atoms with Crippen LogP contribution in [0.15, 0.2) is 12.4 Å². The number of aromatic nitrogens is 2. The van der Waals surface area contributed by atoms with E-state index in [1.807, 2.05) is 0 Å². The first-order valence-corrected chi connectivity index (χ1v) is 8.22. The van der Waals surface area contributed by atoms with Gasteiger partial charge in [-0.15, -0.1) is 0 Å². The maximum absolute atomic E-state index is 2.40. The summed E-state index contributed by atoms with van der Waals surface area (Å²) >= 11 is 0. The van der Waals surface area contributed by atoms with Crippen LogP contribution in [-0.4, -0.2) is 4.57 Å². The Hall–Kier alpha value is -0.790. The maximum atomic E-state index is 2.40. The van der Waals surface area contributed by atoms with Crippen molar-refractivity contribution in [1.29, 1.82) is 0 Å². The summed E-state index contributed by atoms with van der Waals surface area (Å²) in [5.74, 6) is 1.47.